The number of benzene rings is 1. The molecule has 2 rings (SSSR count). The van der Waals surface area contributed by atoms with Crippen molar-refractivity contribution in [2.24, 2.45) is 7.05 Å². The van der Waals surface area contributed by atoms with Crippen molar-refractivity contribution in [1.82, 2.24) is 14.7 Å². The number of carbonyl (C=O) groups is 1. The van der Waals surface area contributed by atoms with Gasteiger partial charge < -0.3 is 10.1 Å². The SMILES string of the molecule is CCOc1ccccc1NC(=O)CN(C)Cc1cnn(C)c1. The summed E-state index contributed by atoms with van der Waals surface area (Å²) in [5.41, 5.74) is 1.77. The molecule has 0 unspecified atom stereocenters. The third kappa shape index (κ3) is 4.60. The fraction of sp³-hybridized carbons (Fsp3) is 0.375. The number of amides is 1. The van der Waals surface area contributed by atoms with Crippen molar-refractivity contribution < 1.29 is 9.53 Å². The van der Waals surface area contributed by atoms with Gasteiger partial charge in [-0.3, -0.25) is 14.4 Å². The minimum atomic E-state index is -0.0708. The van der Waals surface area contributed by atoms with Gasteiger partial charge in [-0.15, -0.1) is 0 Å². The summed E-state index contributed by atoms with van der Waals surface area (Å²) in [5.74, 6) is 0.617. The average molecular weight is 302 g/mol. The van der Waals surface area contributed by atoms with Gasteiger partial charge in [0.25, 0.3) is 0 Å². The number of anilines is 1. The number of aromatic nitrogens is 2. The lowest BCUT2D eigenvalue weighted by Gasteiger charge is -2.16. The minimum absolute atomic E-state index is 0.0708. The van der Waals surface area contributed by atoms with Crippen LogP contribution < -0.4 is 10.1 Å². The Bertz CT molecular complexity index is 624. The Labute approximate surface area is 130 Å². The molecule has 1 heterocycles. The molecule has 2 aromatic rings. The normalized spacial score (nSPS) is 10.7. The number of hydrogen-bond acceptors (Lipinski definition) is 4. The topological polar surface area (TPSA) is 59.4 Å². The summed E-state index contributed by atoms with van der Waals surface area (Å²) in [5, 5.41) is 7.01. The zero-order valence-electron chi connectivity index (χ0n) is 13.2. The lowest BCUT2D eigenvalue weighted by molar-refractivity contribution is -0.117. The van der Waals surface area contributed by atoms with Gasteiger partial charge in [0.15, 0.2) is 0 Å². The number of carbonyl (C=O) groups excluding carboxylic acids is 1. The lowest BCUT2D eigenvalue weighted by atomic mass is 10.3. The van der Waals surface area contributed by atoms with Crippen molar-refractivity contribution in [3.05, 3.63) is 42.2 Å². The molecule has 1 aromatic heterocycles. The third-order valence-electron chi connectivity index (χ3n) is 3.09. The molecule has 0 bridgehead atoms. The molecule has 0 radical (unpaired) electrons. The summed E-state index contributed by atoms with van der Waals surface area (Å²) >= 11 is 0. The Hall–Kier alpha value is -2.34. The highest BCUT2D eigenvalue weighted by atomic mass is 16.5. The molecule has 1 amide bonds. The van der Waals surface area contributed by atoms with E-state index in [2.05, 4.69) is 10.4 Å². The maximum atomic E-state index is 12.1. The smallest absolute Gasteiger partial charge is 0.238 e. The van der Waals surface area contributed by atoms with E-state index in [9.17, 15) is 4.79 Å². The maximum absolute atomic E-state index is 12.1. The van der Waals surface area contributed by atoms with Gasteiger partial charge >= 0.3 is 0 Å². The molecule has 0 atom stereocenters. The summed E-state index contributed by atoms with van der Waals surface area (Å²) in [4.78, 5) is 14.1. The second-order valence-electron chi connectivity index (χ2n) is 5.17. The average Bonchev–Trinajstić information content (AvgIpc) is 2.86. The summed E-state index contributed by atoms with van der Waals surface area (Å²) < 4.78 is 7.25. The van der Waals surface area contributed by atoms with Crippen LogP contribution in [0.5, 0.6) is 5.75 Å². The van der Waals surface area contributed by atoms with Gasteiger partial charge in [0.05, 0.1) is 25.0 Å². The van der Waals surface area contributed by atoms with E-state index >= 15 is 0 Å². The molecule has 6 nitrogen and oxygen atoms in total. The fourth-order valence-corrected chi connectivity index (χ4v) is 2.21. The molecule has 1 N–H and O–H groups in total. The summed E-state index contributed by atoms with van der Waals surface area (Å²) in [6.07, 6.45) is 3.75. The van der Waals surface area contributed by atoms with E-state index < -0.39 is 0 Å². The summed E-state index contributed by atoms with van der Waals surface area (Å²) in [6, 6.07) is 7.44. The molecule has 0 fully saturated rings. The van der Waals surface area contributed by atoms with Crippen LogP contribution in [0.3, 0.4) is 0 Å². The van der Waals surface area contributed by atoms with E-state index in [1.54, 1.807) is 10.9 Å². The Morgan fingerprint density at radius 2 is 2.18 bits per heavy atom. The zero-order chi connectivity index (χ0) is 15.9. The second-order valence-corrected chi connectivity index (χ2v) is 5.17. The van der Waals surface area contributed by atoms with E-state index in [1.165, 1.54) is 0 Å². The standard InChI is InChI=1S/C16H22N4O2/c1-4-22-15-8-6-5-7-14(15)18-16(21)12-19(2)10-13-9-17-20(3)11-13/h5-9,11H,4,10,12H2,1-3H3,(H,18,21). The first-order chi connectivity index (χ1) is 10.6. The van der Waals surface area contributed by atoms with Crippen LogP contribution in [0.25, 0.3) is 0 Å². The predicted octanol–water partition coefficient (Wildman–Crippen LogP) is 1.89. The largest absolute Gasteiger partial charge is 0.492 e. The summed E-state index contributed by atoms with van der Waals surface area (Å²) in [7, 11) is 3.78. The molecule has 0 aliphatic rings. The van der Waals surface area contributed by atoms with Gasteiger partial charge in [-0.25, -0.2) is 0 Å². The van der Waals surface area contributed by atoms with E-state index in [-0.39, 0.29) is 5.91 Å². The van der Waals surface area contributed by atoms with Crippen molar-refractivity contribution >= 4 is 11.6 Å². The van der Waals surface area contributed by atoms with Gasteiger partial charge in [0, 0.05) is 25.4 Å². The van der Waals surface area contributed by atoms with Gasteiger partial charge in [-0.2, -0.15) is 5.10 Å². The van der Waals surface area contributed by atoms with Crippen molar-refractivity contribution in [2.75, 3.05) is 25.5 Å². The predicted molar refractivity (Wildman–Crippen MR) is 85.8 cm³/mol. The summed E-state index contributed by atoms with van der Waals surface area (Å²) in [6.45, 7) is 3.46. The lowest BCUT2D eigenvalue weighted by Crippen LogP contribution is -2.29. The van der Waals surface area contributed by atoms with Crippen LogP contribution in [0.1, 0.15) is 12.5 Å². The molecule has 0 aliphatic carbocycles. The Balaban J connectivity index is 1.89. The molecule has 22 heavy (non-hydrogen) atoms. The number of nitrogens with zero attached hydrogens (tertiary/aromatic N) is 3. The molecule has 0 saturated heterocycles. The van der Waals surface area contributed by atoms with Crippen LogP contribution in [-0.2, 0) is 18.4 Å². The highest BCUT2D eigenvalue weighted by Crippen LogP contribution is 2.23. The molecule has 1 aromatic carbocycles. The molecular formula is C16H22N4O2. The van der Waals surface area contributed by atoms with Crippen molar-refractivity contribution in [2.45, 2.75) is 13.5 Å². The van der Waals surface area contributed by atoms with E-state index in [4.69, 9.17) is 4.74 Å². The highest BCUT2D eigenvalue weighted by Gasteiger charge is 2.10. The van der Waals surface area contributed by atoms with Crippen LogP contribution in [0.15, 0.2) is 36.7 Å². The number of likely N-dealkylation sites (N-methyl/N-ethyl adjacent to an activating group) is 1. The van der Waals surface area contributed by atoms with Gasteiger partial charge in [0.1, 0.15) is 5.75 Å². The molecule has 6 heteroatoms. The van der Waals surface area contributed by atoms with Crippen LogP contribution in [0.2, 0.25) is 0 Å². The number of ether oxygens (including phenoxy) is 1. The monoisotopic (exact) mass is 302 g/mol. The maximum Gasteiger partial charge on any atom is 0.238 e. The van der Waals surface area contributed by atoms with E-state index in [0.717, 1.165) is 5.56 Å². The van der Waals surface area contributed by atoms with E-state index in [1.807, 2.05) is 56.4 Å². The third-order valence-corrected chi connectivity index (χ3v) is 3.09. The number of para-hydroxylation sites is 2. The first-order valence-electron chi connectivity index (χ1n) is 7.26. The number of nitrogens with one attached hydrogen (secondary N) is 1. The Morgan fingerprint density at radius 3 is 2.86 bits per heavy atom. The first kappa shape index (κ1) is 16.0. The number of rotatable bonds is 7. The second kappa shape index (κ2) is 7.61. The molecule has 0 aliphatic heterocycles. The van der Waals surface area contributed by atoms with E-state index in [0.29, 0.717) is 31.1 Å². The number of aryl methyl sites for hydroxylation is 1. The first-order valence-corrected chi connectivity index (χ1v) is 7.26. The van der Waals surface area contributed by atoms with Crippen molar-refractivity contribution in [1.29, 1.82) is 0 Å². The van der Waals surface area contributed by atoms with Gasteiger partial charge in [-0.1, -0.05) is 12.1 Å². The van der Waals surface area contributed by atoms with Crippen LogP contribution in [-0.4, -0.2) is 40.8 Å². The molecular weight excluding hydrogens is 280 g/mol. The Morgan fingerprint density at radius 1 is 1.41 bits per heavy atom. The van der Waals surface area contributed by atoms with Crippen molar-refractivity contribution in [3.8, 4) is 5.75 Å². The molecule has 0 spiro atoms. The van der Waals surface area contributed by atoms with Crippen LogP contribution in [0, 0.1) is 0 Å². The van der Waals surface area contributed by atoms with Gasteiger partial charge in [-0.05, 0) is 26.1 Å². The quantitative estimate of drug-likeness (QED) is 0.848. The Kier molecular flexibility index (Phi) is 5.55. The number of hydrogen-bond donors (Lipinski definition) is 1. The molecule has 0 saturated carbocycles. The molecule has 118 valence electrons. The van der Waals surface area contributed by atoms with Crippen LogP contribution >= 0.6 is 0 Å². The fourth-order valence-electron chi connectivity index (χ4n) is 2.21. The van der Waals surface area contributed by atoms with Crippen LogP contribution in [0.4, 0.5) is 5.69 Å². The van der Waals surface area contributed by atoms with Gasteiger partial charge in [0.2, 0.25) is 5.91 Å². The highest BCUT2D eigenvalue weighted by molar-refractivity contribution is 5.93. The zero-order valence-corrected chi connectivity index (χ0v) is 13.2. The minimum Gasteiger partial charge on any atom is -0.492 e. The van der Waals surface area contributed by atoms with Crippen molar-refractivity contribution in [3.63, 3.8) is 0 Å².